The molecular formula is C23H18ClN3O. The molecule has 2 N–H and O–H groups in total. The van der Waals surface area contributed by atoms with Gasteiger partial charge in [-0.05, 0) is 51.9 Å². The molecule has 0 saturated carbocycles. The van der Waals surface area contributed by atoms with Gasteiger partial charge in [0.1, 0.15) is 0 Å². The molecule has 5 heteroatoms. The van der Waals surface area contributed by atoms with E-state index in [4.69, 9.17) is 11.6 Å². The van der Waals surface area contributed by atoms with Gasteiger partial charge in [0.2, 0.25) is 0 Å². The van der Waals surface area contributed by atoms with Crippen molar-refractivity contribution in [1.29, 1.82) is 0 Å². The number of fused-ring (bicyclic) bond motifs is 2. The average Bonchev–Trinajstić information content (AvgIpc) is 2.73. The number of hydrogen-bond acceptors (Lipinski definition) is 3. The van der Waals surface area contributed by atoms with E-state index in [2.05, 4.69) is 46.2 Å². The van der Waals surface area contributed by atoms with Crippen LogP contribution < -0.4 is 10.7 Å². The van der Waals surface area contributed by atoms with Gasteiger partial charge in [-0.15, -0.1) is 0 Å². The highest BCUT2D eigenvalue weighted by molar-refractivity contribution is 6.30. The maximum absolute atomic E-state index is 12.1. The van der Waals surface area contributed by atoms with Crippen molar-refractivity contribution < 1.29 is 4.79 Å². The summed E-state index contributed by atoms with van der Waals surface area (Å²) >= 11 is 5.86. The zero-order valence-corrected chi connectivity index (χ0v) is 15.8. The lowest BCUT2D eigenvalue weighted by molar-refractivity contribution is -0.119. The molecule has 0 bridgehead atoms. The summed E-state index contributed by atoms with van der Waals surface area (Å²) in [5, 5.41) is 12.3. The first-order chi connectivity index (χ1) is 13.7. The number of carbonyl (C=O) groups excluding carboxylic acids is 1. The molecular weight excluding hydrogens is 370 g/mol. The van der Waals surface area contributed by atoms with Crippen LogP contribution in [-0.2, 0) is 4.79 Å². The smallest absolute Gasteiger partial charge is 0.259 e. The van der Waals surface area contributed by atoms with Gasteiger partial charge in [-0.1, -0.05) is 60.1 Å². The van der Waals surface area contributed by atoms with E-state index < -0.39 is 0 Å². The summed E-state index contributed by atoms with van der Waals surface area (Å²) in [6.45, 7) is 0.120. The minimum absolute atomic E-state index is 0.120. The number of benzene rings is 4. The molecule has 0 spiro atoms. The Labute approximate surface area is 167 Å². The number of halogens is 1. The van der Waals surface area contributed by atoms with Crippen LogP contribution in [0.25, 0.3) is 21.5 Å². The number of nitrogens with one attached hydrogen (secondary N) is 2. The van der Waals surface area contributed by atoms with Crippen molar-refractivity contribution >= 4 is 51.0 Å². The molecule has 0 fully saturated rings. The summed E-state index contributed by atoms with van der Waals surface area (Å²) in [6, 6.07) is 25.7. The number of amides is 1. The third-order valence-electron chi connectivity index (χ3n) is 4.49. The van der Waals surface area contributed by atoms with E-state index in [9.17, 15) is 4.79 Å². The highest BCUT2D eigenvalue weighted by Gasteiger charge is 2.06. The lowest BCUT2D eigenvalue weighted by Gasteiger charge is -2.08. The summed E-state index contributed by atoms with van der Waals surface area (Å²) < 4.78 is 0. The maximum Gasteiger partial charge on any atom is 0.259 e. The average molecular weight is 388 g/mol. The van der Waals surface area contributed by atoms with Crippen LogP contribution in [0.2, 0.25) is 5.02 Å². The number of anilines is 1. The largest absolute Gasteiger partial charge is 0.376 e. The minimum Gasteiger partial charge on any atom is -0.376 e. The van der Waals surface area contributed by atoms with E-state index in [1.165, 1.54) is 0 Å². The molecule has 1 amide bonds. The van der Waals surface area contributed by atoms with Crippen LogP contribution in [0.1, 0.15) is 5.56 Å². The summed E-state index contributed by atoms with van der Waals surface area (Å²) in [4.78, 5) is 12.1. The minimum atomic E-state index is -0.226. The molecule has 4 aromatic carbocycles. The van der Waals surface area contributed by atoms with Gasteiger partial charge in [0, 0.05) is 16.3 Å². The van der Waals surface area contributed by atoms with Crippen LogP contribution in [0.5, 0.6) is 0 Å². The highest BCUT2D eigenvalue weighted by Crippen LogP contribution is 2.27. The molecule has 4 rings (SSSR count). The van der Waals surface area contributed by atoms with E-state index in [1.54, 1.807) is 18.3 Å². The molecule has 0 aliphatic heterocycles. The Hall–Kier alpha value is -3.37. The van der Waals surface area contributed by atoms with E-state index in [1.807, 2.05) is 36.4 Å². The predicted octanol–water partition coefficient (Wildman–Crippen LogP) is 5.21. The van der Waals surface area contributed by atoms with Crippen molar-refractivity contribution in [3.05, 3.63) is 89.4 Å². The molecule has 4 aromatic rings. The van der Waals surface area contributed by atoms with Gasteiger partial charge in [-0.3, -0.25) is 4.79 Å². The van der Waals surface area contributed by atoms with Crippen molar-refractivity contribution in [1.82, 2.24) is 5.43 Å². The molecule has 0 aliphatic carbocycles. The van der Waals surface area contributed by atoms with Crippen molar-refractivity contribution in [2.75, 3.05) is 11.9 Å². The third kappa shape index (κ3) is 3.97. The van der Waals surface area contributed by atoms with Crippen LogP contribution >= 0.6 is 11.6 Å². The van der Waals surface area contributed by atoms with Crippen LogP contribution in [0.15, 0.2) is 84.0 Å². The van der Waals surface area contributed by atoms with Crippen LogP contribution in [0.4, 0.5) is 5.69 Å². The molecule has 0 atom stereocenters. The first kappa shape index (κ1) is 18.0. The Morgan fingerprint density at radius 1 is 0.893 bits per heavy atom. The van der Waals surface area contributed by atoms with Crippen molar-refractivity contribution in [3.63, 3.8) is 0 Å². The monoisotopic (exact) mass is 387 g/mol. The van der Waals surface area contributed by atoms with Gasteiger partial charge in [0.25, 0.3) is 5.91 Å². The van der Waals surface area contributed by atoms with E-state index in [0.717, 1.165) is 32.8 Å². The Bertz CT molecular complexity index is 1120. The van der Waals surface area contributed by atoms with E-state index >= 15 is 0 Å². The predicted molar refractivity (Wildman–Crippen MR) is 117 cm³/mol. The molecule has 0 unspecified atom stereocenters. The fraction of sp³-hybridized carbons (Fsp3) is 0.0435. The van der Waals surface area contributed by atoms with Crippen molar-refractivity contribution in [3.8, 4) is 0 Å². The number of nitrogens with zero attached hydrogens (tertiary/aromatic N) is 1. The summed E-state index contributed by atoms with van der Waals surface area (Å²) in [7, 11) is 0. The standard InChI is InChI=1S/C23H18ClN3O/c24-18-9-11-19(12-10-18)25-15-23(28)27-26-14-22-20-7-3-1-5-16(20)13-17-6-2-4-8-21(17)22/h1-14,25H,15H2,(H,27,28)/b26-14-. The second-order valence-electron chi connectivity index (χ2n) is 6.39. The highest BCUT2D eigenvalue weighted by atomic mass is 35.5. The Morgan fingerprint density at radius 3 is 2.14 bits per heavy atom. The third-order valence-corrected chi connectivity index (χ3v) is 4.75. The molecule has 0 aromatic heterocycles. The Morgan fingerprint density at radius 2 is 1.50 bits per heavy atom. The summed E-state index contributed by atoms with van der Waals surface area (Å²) in [6.07, 6.45) is 1.71. The summed E-state index contributed by atoms with van der Waals surface area (Å²) in [5.74, 6) is -0.226. The molecule has 0 radical (unpaired) electrons. The van der Waals surface area contributed by atoms with Gasteiger partial charge in [0.05, 0.1) is 12.8 Å². The SMILES string of the molecule is O=C(CNc1ccc(Cl)cc1)N/N=C\c1c2ccccc2cc2ccccc12. The molecule has 4 nitrogen and oxygen atoms in total. The number of hydrogen-bond donors (Lipinski definition) is 2. The Kier molecular flexibility index (Phi) is 5.22. The molecule has 28 heavy (non-hydrogen) atoms. The quantitative estimate of drug-likeness (QED) is 0.280. The maximum atomic E-state index is 12.1. The number of rotatable bonds is 5. The number of hydrazone groups is 1. The van der Waals surface area contributed by atoms with Gasteiger partial charge < -0.3 is 5.32 Å². The van der Waals surface area contributed by atoms with Crippen molar-refractivity contribution in [2.24, 2.45) is 5.10 Å². The first-order valence-corrected chi connectivity index (χ1v) is 9.30. The fourth-order valence-electron chi connectivity index (χ4n) is 3.15. The van der Waals surface area contributed by atoms with Gasteiger partial charge in [0.15, 0.2) is 0 Å². The Balaban J connectivity index is 1.51. The van der Waals surface area contributed by atoms with Gasteiger partial charge >= 0.3 is 0 Å². The van der Waals surface area contributed by atoms with Gasteiger partial charge in [-0.2, -0.15) is 5.10 Å². The van der Waals surface area contributed by atoms with E-state index in [0.29, 0.717) is 5.02 Å². The second kappa shape index (κ2) is 8.11. The zero-order chi connectivity index (χ0) is 19.3. The molecule has 0 saturated heterocycles. The van der Waals surface area contributed by atoms with Gasteiger partial charge in [-0.25, -0.2) is 5.43 Å². The van der Waals surface area contributed by atoms with Crippen LogP contribution in [0.3, 0.4) is 0 Å². The topological polar surface area (TPSA) is 53.5 Å². The molecule has 0 aliphatic rings. The normalized spacial score (nSPS) is 11.2. The van der Waals surface area contributed by atoms with Crippen molar-refractivity contribution in [2.45, 2.75) is 0 Å². The van der Waals surface area contributed by atoms with E-state index in [-0.39, 0.29) is 12.5 Å². The molecule has 138 valence electrons. The first-order valence-electron chi connectivity index (χ1n) is 8.92. The molecule has 0 heterocycles. The lowest BCUT2D eigenvalue weighted by Crippen LogP contribution is -2.25. The number of carbonyl (C=O) groups is 1. The van der Waals surface area contributed by atoms with Crippen LogP contribution in [0, 0.1) is 0 Å². The second-order valence-corrected chi connectivity index (χ2v) is 6.82. The fourth-order valence-corrected chi connectivity index (χ4v) is 3.27. The lowest BCUT2D eigenvalue weighted by atomic mass is 9.97. The summed E-state index contributed by atoms with van der Waals surface area (Å²) in [5.41, 5.74) is 4.39. The zero-order valence-electron chi connectivity index (χ0n) is 15.0. The van der Waals surface area contributed by atoms with Crippen LogP contribution in [-0.4, -0.2) is 18.7 Å².